The van der Waals surface area contributed by atoms with E-state index in [9.17, 15) is 19.2 Å². The Hall–Kier alpha value is -2.94. The fraction of sp³-hybridized carbons (Fsp3) is 0.600. The van der Waals surface area contributed by atoms with E-state index in [1.165, 1.54) is 0 Å². The van der Waals surface area contributed by atoms with Crippen LogP contribution in [0.4, 0.5) is 10.5 Å². The summed E-state index contributed by atoms with van der Waals surface area (Å²) in [4.78, 5) is 55.9. The summed E-state index contributed by atoms with van der Waals surface area (Å²) < 4.78 is 0. The number of para-hydroxylation sites is 1. The SMILES string of the molecule is Cc1cccc(C)c1NC(=O)CN1CCN(C(=O)CN2C(=O)N[C@@]3(CCCC[C@@H]3C)C2=O)CC1. The van der Waals surface area contributed by atoms with Crippen molar-refractivity contribution in [1.82, 2.24) is 20.0 Å². The highest BCUT2D eigenvalue weighted by atomic mass is 16.2. The van der Waals surface area contributed by atoms with E-state index in [1.54, 1.807) is 4.90 Å². The zero-order valence-electron chi connectivity index (χ0n) is 20.4. The fourth-order valence-electron chi connectivity index (χ4n) is 5.42. The number of carbonyl (C=O) groups excluding carboxylic acids is 4. The van der Waals surface area contributed by atoms with Crippen molar-refractivity contribution in [3.8, 4) is 0 Å². The summed E-state index contributed by atoms with van der Waals surface area (Å²) in [6.45, 7) is 8.00. The first kappa shape index (κ1) is 24.2. The van der Waals surface area contributed by atoms with E-state index < -0.39 is 11.6 Å². The molecular weight excluding hydrogens is 434 g/mol. The summed E-state index contributed by atoms with van der Waals surface area (Å²) in [5.41, 5.74) is 2.04. The van der Waals surface area contributed by atoms with Crippen molar-refractivity contribution in [3.05, 3.63) is 29.3 Å². The van der Waals surface area contributed by atoms with Crippen molar-refractivity contribution in [2.75, 3.05) is 44.6 Å². The van der Waals surface area contributed by atoms with Gasteiger partial charge < -0.3 is 15.5 Å². The zero-order chi connectivity index (χ0) is 24.5. The summed E-state index contributed by atoms with van der Waals surface area (Å²) in [6, 6.07) is 5.43. The van der Waals surface area contributed by atoms with Crippen molar-refractivity contribution in [2.45, 2.75) is 52.0 Å². The smallest absolute Gasteiger partial charge is 0.325 e. The van der Waals surface area contributed by atoms with Crippen LogP contribution in [-0.4, -0.2) is 83.3 Å². The van der Waals surface area contributed by atoms with Crippen molar-refractivity contribution in [3.63, 3.8) is 0 Å². The van der Waals surface area contributed by atoms with Crippen molar-refractivity contribution in [2.24, 2.45) is 5.92 Å². The third-order valence-electron chi connectivity index (χ3n) is 7.63. The van der Waals surface area contributed by atoms with Crippen LogP contribution in [-0.2, 0) is 14.4 Å². The van der Waals surface area contributed by atoms with Crippen LogP contribution >= 0.6 is 0 Å². The number of imide groups is 1. The van der Waals surface area contributed by atoms with Gasteiger partial charge in [-0.15, -0.1) is 0 Å². The number of amides is 5. The lowest BCUT2D eigenvalue weighted by molar-refractivity contribution is -0.141. The molecule has 2 atom stereocenters. The van der Waals surface area contributed by atoms with Gasteiger partial charge >= 0.3 is 6.03 Å². The molecule has 1 saturated carbocycles. The van der Waals surface area contributed by atoms with Crippen molar-refractivity contribution >= 4 is 29.4 Å². The Bertz CT molecular complexity index is 967. The molecule has 2 N–H and O–H groups in total. The molecule has 5 amide bonds. The first-order chi connectivity index (χ1) is 16.2. The molecule has 2 saturated heterocycles. The van der Waals surface area contributed by atoms with Crippen LogP contribution in [0.15, 0.2) is 18.2 Å². The number of hydrogen-bond donors (Lipinski definition) is 2. The summed E-state index contributed by atoms with van der Waals surface area (Å²) in [6.07, 6.45) is 3.48. The molecule has 0 bridgehead atoms. The quantitative estimate of drug-likeness (QED) is 0.642. The highest BCUT2D eigenvalue weighted by Gasteiger charge is 2.55. The second-order valence-electron chi connectivity index (χ2n) is 9.91. The third-order valence-corrected chi connectivity index (χ3v) is 7.63. The third kappa shape index (κ3) is 4.66. The van der Waals surface area contributed by atoms with Gasteiger partial charge in [-0.05, 0) is 43.7 Å². The normalized spacial score (nSPS) is 25.6. The molecule has 3 aliphatic rings. The van der Waals surface area contributed by atoms with Gasteiger partial charge in [0, 0.05) is 31.9 Å². The number of anilines is 1. The van der Waals surface area contributed by atoms with E-state index in [1.807, 2.05) is 43.9 Å². The summed E-state index contributed by atoms with van der Waals surface area (Å²) in [5, 5.41) is 5.90. The maximum atomic E-state index is 13.1. The maximum Gasteiger partial charge on any atom is 0.325 e. The van der Waals surface area contributed by atoms with Gasteiger partial charge in [0.05, 0.1) is 6.54 Å². The Labute approximate surface area is 200 Å². The molecule has 34 heavy (non-hydrogen) atoms. The number of aryl methyl sites for hydroxylation is 2. The van der Waals surface area contributed by atoms with Gasteiger partial charge in [0.15, 0.2) is 0 Å². The van der Waals surface area contributed by atoms with E-state index in [0.717, 1.165) is 41.0 Å². The number of hydrogen-bond acceptors (Lipinski definition) is 5. The van der Waals surface area contributed by atoms with Gasteiger partial charge in [0.1, 0.15) is 12.1 Å². The average Bonchev–Trinajstić information content (AvgIpc) is 3.03. The second-order valence-corrected chi connectivity index (χ2v) is 9.91. The molecule has 2 heterocycles. The predicted octanol–water partition coefficient (Wildman–Crippen LogP) is 1.89. The largest absolute Gasteiger partial charge is 0.339 e. The Kier molecular flexibility index (Phi) is 6.93. The summed E-state index contributed by atoms with van der Waals surface area (Å²) >= 11 is 0. The molecule has 1 aromatic carbocycles. The Morgan fingerprint density at radius 1 is 1.06 bits per heavy atom. The molecule has 1 aromatic rings. The molecule has 0 aromatic heterocycles. The topological polar surface area (TPSA) is 102 Å². The van der Waals surface area contributed by atoms with Crippen LogP contribution in [0, 0.1) is 19.8 Å². The number of nitrogens with zero attached hydrogens (tertiary/aromatic N) is 3. The van der Waals surface area contributed by atoms with Crippen LogP contribution in [0.1, 0.15) is 43.7 Å². The minimum Gasteiger partial charge on any atom is -0.339 e. The number of piperazine rings is 1. The van der Waals surface area contributed by atoms with Gasteiger partial charge in [-0.2, -0.15) is 0 Å². The molecule has 4 rings (SSSR count). The Morgan fingerprint density at radius 2 is 1.74 bits per heavy atom. The molecular formula is C25H35N5O4. The first-order valence-electron chi connectivity index (χ1n) is 12.2. The van der Waals surface area contributed by atoms with Gasteiger partial charge in [-0.1, -0.05) is 38.0 Å². The Morgan fingerprint density at radius 3 is 2.38 bits per heavy atom. The maximum absolute atomic E-state index is 13.1. The fourth-order valence-corrected chi connectivity index (χ4v) is 5.42. The van der Waals surface area contributed by atoms with E-state index >= 15 is 0 Å². The van der Waals surface area contributed by atoms with Crippen molar-refractivity contribution < 1.29 is 19.2 Å². The minimum atomic E-state index is -0.850. The van der Waals surface area contributed by atoms with Crippen LogP contribution in [0.5, 0.6) is 0 Å². The first-order valence-corrected chi connectivity index (χ1v) is 12.2. The van der Waals surface area contributed by atoms with E-state index in [2.05, 4.69) is 10.6 Å². The number of nitrogens with one attached hydrogen (secondary N) is 2. The van der Waals surface area contributed by atoms with E-state index in [0.29, 0.717) is 32.6 Å². The molecule has 0 unspecified atom stereocenters. The number of carbonyl (C=O) groups is 4. The molecule has 9 heteroatoms. The standard InChI is InChI=1S/C25H35N5O4/c1-17-7-6-8-18(2)22(17)26-20(31)15-28-11-13-29(14-12-28)21(32)16-30-23(33)25(27-24(30)34)10-5-4-9-19(25)3/h6-8,19H,4-5,9-16H2,1-3H3,(H,26,31)(H,27,34)/t19-,25+/m0/s1. The van der Waals surface area contributed by atoms with Crippen LogP contribution in [0.2, 0.25) is 0 Å². The van der Waals surface area contributed by atoms with Gasteiger partial charge in [0.25, 0.3) is 5.91 Å². The van der Waals surface area contributed by atoms with E-state index in [-0.39, 0.29) is 36.7 Å². The summed E-state index contributed by atoms with van der Waals surface area (Å²) in [5.74, 6) is -0.511. The second kappa shape index (κ2) is 9.74. The van der Waals surface area contributed by atoms with Gasteiger partial charge in [0.2, 0.25) is 11.8 Å². The van der Waals surface area contributed by atoms with Crippen LogP contribution < -0.4 is 10.6 Å². The lowest BCUT2D eigenvalue weighted by Gasteiger charge is -2.37. The predicted molar refractivity (Wildman–Crippen MR) is 128 cm³/mol. The van der Waals surface area contributed by atoms with Crippen LogP contribution in [0.3, 0.4) is 0 Å². The molecule has 3 fully saturated rings. The van der Waals surface area contributed by atoms with Crippen molar-refractivity contribution in [1.29, 1.82) is 0 Å². The highest BCUT2D eigenvalue weighted by Crippen LogP contribution is 2.38. The molecule has 184 valence electrons. The molecule has 0 radical (unpaired) electrons. The minimum absolute atomic E-state index is 0.0657. The molecule has 1 spiro atoms. The number of benzene rings is 1. The molecule has 1 aliphatic carbocycles. The number of rotatable bonds is 5. The molecule has 9 nitrogen and oxygen atoms in total. The average molecular weight is 470 g/mol. The monoisotopic (exact) mass is 469 g/mol. The van der Waals surface area contributed by atoms with Crippen LogP contribution in [0.25, 0.3) is 0 Å². The number of urea groups is 1. The highest BCUT2D eigenvalue weighted by molar-refractivity contribution is 6.09. The summed E-state index contributed by atoms with van der Waals surface area (Å²) in [7, 11) is 0. The lowest BCUT2D eigenvalue weighted by Crippen LogP contribution is -2.55. The van der Waals surface area contributed by atoms with Gasteiger partial charge in [-0.3, -0.25) is 24.2 Å². The Balaban J connectivity index is 1.27. The zero-order valence-corrected chi connectivity index (χ0v) is 20.4. The van der Waals surface area contributed by atoms with E-state index in [4.69, 9.17) is 0 Å². The molecule has 2 aliphatic heterocycles. The van der Waals surface area contributed by atoms with Gasteiger partial charge in [-0.25, -0.2) is 4.79 Å². The lowest BCUT2D eigenvalue weighted by atomic mass is 9.73.